The van der Waals surface area contributed by atoms with Gasteiger partial charge in [0.25, 0.3) is 5.91 Å². The molecule has 1 saturated heterocycles. The van der Waals surface area contributed by atoms with Crippen LogP contribution >= 0.6 is 0 Å². The highest BCUT2D eigenvalue weighted by atomic mass is 32.2. The number of carbonyl (C=O) groups is 2. The molecule has 0 radical (unpaired) electrons. The number of hydrogen-bond donors (Lipinski definition) is 2. The van der Waals surface area contributed by atoms with Gasteiger partial charge in [-0.05, 0) is 43.2 Å². The Morgan fingerprint density at radius 1 is 1.13 bits per heavy atom. The molecule has 0 spiro atoms. The molecule has 1 aliphatic rings. The standard InChI is InChI=1S/C20H25N3O6S/c1-28-17-9-8-15(30(26,27)23-10-4-2-3-5-11-23)13-16(17)22-19(24)14-21-20(25)18-7-6-12-29-18/h6-9,12-13H,2-5,10-11,14H2,1H3,(H,21,25)(H,22,24). The number of amides is 2. The Hall–Kier alpha value is -2.85. The molecular formula is C20H25N3O6S. The lowest BCUT2D eigenvalue weighted by molar-refractivity contribution is -0.115. The highest BCUT2D eigenvalue weighted by molar-refractivity contribution is 7.89. The van der Waals surface area contributed by atoms with Crippen molar-refractivity contribution in [3.8, 4) is 5.75 Å². The molecule has 1 fully saturated rings. The van der Waals surface area contributed by atoms with Gasteiger partial charge in [0, 0.05) is 13.1 Å². The van der Waals surface area contributed by atoms with Gasteiger partial charge < -0.3 is 19.8 Å². The van der Waals surface area contributed by atoms with Crippen molar-refractivity contribution in [3.63, 3.8) is 0 Å². The van der Waals surface area contributed by atoms with E-state index in [0.717, 1.165) is 25.7 Å². The molecule has 0 atom stereocenters. The first-order chi connectivity index (χ1) is 14.4. The minimum atomic E-state index is -3.68. The molecule has 2 N–H and O–H groups in total. The zero-order chi connectivity index (χ0) is 21.6. The van der Waals surface area contributed by atoms with Crippen molar-refractivity contribution in [1.29, 1.82) is 0 Å². The van der Waals surface area contributed by atoms with E-state index in [4.69, 9.17) is 9.15 Å². The number of benzene rings is 1. The third-order valence-electron chi connectivity index (χ3n) is 4.80. The fourth-order valence-electron chi connectivity index (χ4n) is 3.23. The zero-order valence-electron chi connectivity index (χ0n) is 16.7. The maximum atomic E-state index is 13.0. The normalized spacial score (nSPS) is 15.2. The first-order valence-electron chi connectivity index (χ1n) is 9.71. The van der Waals surface area contributed by atoms with E-state index in [0.29, 0.717) is 18.8 Å². The predicted octanol–water partition coefficient (Wildman–Crippen LogP) is 2.22. The highest BCUT2D eigenvalue weighted by Gasteiger charge is 2.26. The van der Waals surface area contributed by atoms with Gasteiger partial charge in [0.05, 0.1) is 30.5 Å². The quantitative estimate of drug-likeness (QED) is 0.689. The molecule has 0 saturated carbocycles. The number of anilines is 1. The molecule has 0 unspecified atom stereocenters. The molecule has 1 aromatic heterocycles. The second-order valence-electron chi connectivity index (χ2n) is 6.89. The number of ether oxygens (including phenoxy) is 1. The number of nitrogens with zero attached hydrogens (tertiary/aromatic N) is 1. The summed E-state index contributed by atoms with van der Waals surface area (Å²) in [5, 5.41) is 5.03. The lowest BCUT2D eigenvalue weighted by Crippen LogP contribution is -2.33. The van der Waals surface area contributed by atoms with E-state index in [1.54, 1.807) is 6.07 Å². The molecular weight excluding hydrogens is 410 g/mol. The van der Waals surface area contributed by atoms with Crippen LogP contribution in [0.3, 0.4) is 0 Å². The van der Waals surface area contributed by atoms with E-state index in [2.05, 4.69) is 10.6 Å². The van der Waals surface area contributed by atoms with E-state index in [-0.39, 0.29) is 22.9 Å². The third-order valence-corrected chi connectivity index (χ3v) is 6.70. The third kappa shape index (κ3) is 5.19. The van der Waals surface area contributed by atoms with Gasteiger partial charge in [-0.2, -0.15) is 4.31 Å². The summed E-state index contributed by atoms with van der Waals surface area (Å²) in [5.41, 5.74) is 0.214. The van der Waals surface area contributed by atoms with Gasteiger partial charge in [-0.25, -0.2) is 8.42 Å². The van der Waals surface area contributed by atoms with E-state index in [1.807, 2.05) is 0 Å². The number of nitrogens with one attached hydrogen (secondary N) is 2. The molecule has 162 valence electrons. The lowest BCUT2D eigenvalue weighted by Gasteiger charge is -2.21. The van der Waals surface area contributed by atoms with Crippen molar-refractivity contribution in [3.05, 3.63) is 42.4 Å². The van der Waals surface area contributed by atoms with E-state index in [1.165, 1.54) is 41.9 Å². The number of rotatable bonds is 7. The van der Waals surface area contributed by atoms with Crippen LogP contribution in [-0.4, -0.2) is 51.3 Å². The molecule has 2 amide bonds. The van der Waals surface area contributed by atoms with Crippen LogP contribution in [0, 0.1) is 0 Å². The Balaban J connectivity index is 1.72. The largest absolute Gasteiger partial charge is 0.495 e. The zero-order valence-corrected chi connectivity index (χ0v) is 17.5. The molecule has 2 heterocycles. The lowest BCUT2D eigenvalue weighted by atomic mass is 10.2. The average Bonchev–Trinajstić information content (AvgIpc) is 3.13. The topological polar surface area (TPSA) is 118 Å². The van der Waals surface area contributed by atoms with Crippen LogP contribution in [0.4, 0.5) is 5.69 Å². The number of hydrogen-bond acceptors (Lipinski definition) is 6. The highest BCUT2D eigenvalue weighted by Crippen LogP contribution is 2.29. The number of furan rings is 1. The van der Waals surface area contributed by atoms with Crippen LogP contribution in [0.25, 0.3) is 0 Å². The van der Waals surface area contributed by atoms with Crippen LogP contribution < -0.4 is 15.4 Å². The molecule has 2 aromatic rings. The molecule has 1 aromatic carbocycles. The number of sulfonamides is 1. The Morgan fingerprint density at radius 2 is 1.87 bits per heavy atom. The summed E-state index contributed by atoms with van der Waals surface area (Å²) in [6.45, 7) is 0.648. The van der Waals surface area contributed by atoms with Gasteiger partial charge in [0.1, 0.15) is 5.75 Å². The summed E-state index contributed by atoms with van der Waals surface area (Å²) in [7, 11) is -2.26. The van der Waals surface area contributed by atoms with Gasteiger partial charge >= 0.3 is 0 Å². The van der Waals surface area contributed by atoms with Gasteiger partial charge in [-0.15, -0.1) is 0 Å². The summed E-state index contributed by atoms with van der Waals surface area (Å²) in [5.74, 6) is -0.654. The van der Waals surface area contributed by atoms with Crippen LogP contribution in [0.1, 0.15) is 36.2 Å². The van der Waals surface area contributed by atoms with Crippen molar-refractivity contribution in [2.45, 2.75) is 30.6 Å². The Kier molecular flexibility index (Phi) is 7.11. The van der Waals surface area contributed by atoms with Crippen molar-refractivity contribution in [2.75, 3.05) is 32.1 Å². The second-order valence-corrected chi connectivity index (χ2v) is 8.83. The smallest absolute Gasteiger partial charge is 0.287 e. The minimum Gasteiger partial charge on any atom is -0.495 e. The summed E-state index contributed by atoms with van der Waals surface area (Å²) in [6.07, 6.45) is 5.04. The monoisotopic (exact) mass is 435 g/mol. The van der Waals surface area contributed by atoms with Crippen LogP contribution in [0.2, 0.25) is 0 Å². The predicted molar refractivity (Wildman–Crippen MR) is 110 cm³/mol. The van der Waals surface area contributed by atoms with Gasteiger partial charge in [-0.3, -0.25) is 9.59 Å². The SMILES string of the molecule is COc1ccc(S(=O)(=O)N2CCCCCC2)cc1NC(=O)CNC(=O)c1ccco1. The molecule has 30 heavy (non-hydrogen) atoms. The molecule has 0 bridgehead atoms. The van der Waals surface area contributed by atoms with E-state index >= 15 is 0 Å². The van der Waals surface area contributed by atoms with Gasteiger partial charge in [-0.1, -0.05) is 12.8 Å². The van der Waals surface area contributed by atoms with Crippen LogP contribution in [-0.2, 0) is 14.8 Å². The first kappa shape index (κ1) is 21.8. The maximum absolute atomic E-state index is 13.0. The minimum absolute atomic E-state index is 0.0834. The molecule has 9 nitrogen and oxygen atoms in total. The van der Waals surface area contributed by atoms with Crippen molar-refractivity contribution in [2.24, 2.45) is 0 Å². The maximum Gasteiger partial charge on any atom is 0.287 e. The van der Waals surface area contributed by atoms with E-state index in [9.17, 15) is 18.0 Å². The van der Waals surface area contributed by atoms with Crippen molar-refractivity contribution >= 4 is 27.5 Å². The van der Waals surface area contributed by atoms with Crippen LogP contribution in [0.15, 0.2) is 45.9 Å². The summed E-state index contributed by atoms with van der Waals surface area (Å²) < 4.78 is 37.7. The Bertz CT molecular complexity index is 980. The fourth-order valence-corrected chi connectivity index (χ4v) is 4.77. The number of methoxy groups -OCH3 is 1. The summed E-state index contributed by atoms with van der Waals surface area (Å²) in [6, 6.07) is 7.39. The fraction of sp³-hybridized carbons (Fsp3) is 0.400. The summed E-state index contributed by atoms with van der Waals surface area (Å²) in [4.78, 5) is 24.3. The first-order valence-corrected chi connectivity index (χ1v) is 11.2. The Labute approximate surface area is 175 Å². The molecule has 0 aliphatic carbocycles. The van der Waals surface area contributed by atoms with Gasteiger partial charge in [0.15, 0.2) is 5.76 Å². The van der Waals surface area contributed by atoms with Crippen molar-refractivity contribution < 1.29 is 27.2 Å². The van der Waals surface area contributed by atoms with E-state index < -0.39 is 21.8 Å². The Morgan fingerprint density at radius 3 is 2.50 bits per heavy atom. The molecule has 10 heteroatoms. The van der Waals surface area contributed by atoms with Gasteiger partial charge in [0.2, 0.25) is 15.9 Å². The molecule has 1 aliphatic heterocycles. The summed E-state index contributed by atoms with van der Waals surface area (Å²) >= 11 is 0. The number of carbonyl (C=O) groups excluding carboxylic acids is 2. The van der Waals surface area contributed by atoms with Crippen LogP contribution in [0.5, 0.6) is 5.75 Å². The molecule has 3 rings (SSSR count). The van der Waals surface area contributed by atoms with Crippen molar-refractivity contribution in [1.82, 2.24) is 9.62 Å². The average molecular weight is 436 g/mol. The second kappa shape index (κ2) is 9.77.